The highest BCUT2D eigenvalue weighted by atomic mass is 79.9. The highest BCUT2D eigenvalue weighted by Gasteiger charge is 2.14. The van der Waals surface area contributed by atoms with Gasteiger partial charge in [-0.25, -0.2) is 4.39 Å². The van der Waals surface area contributed by atoms with Gasteiger partial charge in [0, 0.05) is 15.6 Å². The molecule has 0 aliphatic rings. The first kappa shape index (κ1) is 14.0. The molecule has 0 aliphatic carbocycles. The summed E-state index contributed by atoms with van der Waals surface area (Å²) in [4.78, 5) is 12.7. The Hall–Kier alpha value is -2.00. The van der Waals surface area contributed by atoms with E-state index in [1.807, 2.05) is 30.3 Å². The molecule has 104 valence electrons. The van der Waals surface area contributed by atoms with Gasteiger partial charge in [0.25, 0.3) is 0 Å². The van der Waals surface area contributed by atoms with Gasteiger partial charge >= 0.3 is 0 Å². The van der Waals surface area contributed by atoms with Crippen LogP contribution in [-0.4, -0.2) is 5.78 Å². The molecule has 0 fully saturated rings. The van der Waals surface area contributed by atoms with E-state index < -0.39 is 0 Å². The lowest BCUT2D eigenvalue weighted by Crippen LogP contribution is -2.03. The maximum atomic E-state index is 13.7. The molecule has 3 aromatic rings. The Morgan fingerprint density at radius 2 is 1.71 bits per heavy atom. The quantitative estimate of drug-likeness (QED) is 0.579. The number of ketones is 1. The van der Waals surface area contributed by atoms with Crippen LogP contribution in [0.2, 0.25) is 0 Å². The van der Waals surface area contributed by atoms with Crippen molar-refractivity contribution in [3.63, 3.8) is 0 Å². The summed E-state index contributed by atoms with van der Waals surface area (Å²) in [5, 5.41) is 1.83. The number of rotatable bonds is 2. The van der Waals surface area contributed by atoms with Gasteiger partial charge in [-0.1, -0.05) is 52.3 Å². The lowest BCUT2D eigenvalue weighted by molar-refractivity contribution is 0.104. The van der Waals surface area contributed by atoms with Crippen molar-refractivity contribution in [1.82, 2.24) is 0 Å². The summed E-state index contributed by atoms with van der Waals surface area (Å²) in [6, 6.07) is 15.9. The standard InChI is InChI=1S/C18H12BrFO/c1-11-6-7-12(10-17(11)20)18(21)15-8-9-16(19)14-5-3-2-4-13(14)15/h2-10H,1H3. The van der Waals surface area contributed by atoms with E-state index in [2.05, 4.69) is 15.9 Å². The van der Waals surface area contributed by atoms with E-state index in [9.17, 15) is 9.18 Å². The average Bonchev–Trinajstić information content (AvgIpc) is 2.50. The van der Waals surface area contributed by atoms with E-state index in [-0.39, 0.29) is 11.6 Å². The third-order valence-electron chi connectivity index (χ3n) is 3.55. The molecule has 21 heavy (non-hydrogen) atoms. The van der Waals surface area contributed by atoms with Gasteiger partial charge in [-0.05, 0) is 41.5 Å². The highest BCUT2D eigenvalue weighted by molar-refractivity contribution is 9.10. The Morgan fingerprint density at radius 3 is 2.43 bits per heavy atom. The summed E-state index contributed by atoms with van der Waals surface area (Å²) in [5.41, 5.74) is 1.48. The van der Waals surface area contributed by atoms with E-state index >= 15 is 0 Å². The summed E-state index contributed by atoms with van der Waals surface area (Å²) in [7, 11) is 0. The predicted octanol–water partition coefficient (Wildman–Crippen LogP) is 5.28. The van der Waals surface area contributed by atoms with Crippen LogP contribution < -0.4 is 0 Å². The molecule has 0 radical (unpaired) electrons. The van der Waals surface area contributed by atoms with E-state index in [1.165, 1.54) is 6.07 Å². The van der Waals surface area contributed by atoms with Crippen LogP contribution in [-0.2, 0) is 0 Å². The molecule has 0 saturated heterocycles. The van der Waals surface area contributed by atoms with Crippen molar-refractivity contribution in [2.24, 2.45) is 0 Å². The van der Waals surface area contributed by atoms with Gasteiger partial charge in [-0.3, -0.25) is 4.79 Å². The smallest absolute Gasteiger partial charge is 0.193 e. The zero-order chi connectivity index (χ0) is 15.0. The number of halogens is 2. The van der Waals surface area contributed by atoms with Crippen molar-refractivity contribution in [2.75, 3.05) is 0 Å². The maximum absolute atomic E-state index is 13.7. The summed E-state index contributed by atoms with van der Waals surface area (Å²) < 4.78 is 14.6. The van der Waals surface area contributed by atoms with Gasteiger partial charge < -0.3 is 0 Å². The molecule has 0 aliphatic heterocycles. The van der Waals surface area contributed by atoms with Crippen molar-refractivity contribution < 1.29 is 9.18 Å². The fourth-order valence-electron chi connectivity index (χ4n) is 2.35. The second-order valence-corrected chi connectivity index (χ2v) is 5.79. The fraction of sp³-hybridized carbons (Fsp3) is 0.0556. The van der Waals surface area contributed by atoms with Crippen molar-refractivity contribution >= 4 is 32.5 Å². The number of carbonyl (C=O) groups is 1. The molecule has 0 saturated carbocycles. The molecule has 0 spiro atoms. The topological polar surface area (TPSA) is 17.1 Å². The summed E-state index contributed by atoms with van der Waals surface area (Å²) in [6.07, 6.45) is 0. The molecular weight excluding hydrogens is 331 g/mol. The Labute approximate surface area is 130 Å². The molecule has 0 unspecified atom stereocenters. The highest BCUT2D eigenvalue weighted by Crippen LogP contribution is 2.28. The minimum absolute atomic E-state index is 0.169. The van der Waals surface area contributed by atoms with Crippen LogP contribution in [0.1, 0.15) is 21.5 Å². The largest absolute Gasteiger partial charge is 0.289 e. The first-order valence-electron chi connectivity index (χ1n) is 6.56. The maximum Gasteiger partial charge on any atom is 0.193 e. The predicted molar refractivity (Wildman–Crippen MR) is 86.2 cm³/mol. The van der Waals surface area contributed by atoms with E-state index in [0.29, 0.717) is 16.7 Å². The van der Waals surface area contributed by atoms with Gasteiger partial charge in [0.05, 0.1) is 0 Å². The normalized spacial score (nSPS) is 10.8. The average molecular weight is 343 g/mol. The Kier molecular flexibility index (Phi) is 3.60. The summed E-state index contributed by atoms with van der Waals surface area (Å²) in [6.45, 7) is 1.68. The van der Waals surface area contributed by atoms with Crippen LogP contribution in [0.4, 0.5) is 4.39 Å². The first-order chi connectivity index (χ1) is 10.1. The zero-order valence-corrected chi connectivity index (χ0v) is 12.9. The number of hydrogen-bond acceptors (Lipinski definition) is 1. The van der Waals surface area contributed by atoms with Crippen molar-refractivity contribution in [3.05, 3.63) is 81.6 Å². The third kappa shape index (κ3) is 2.49. The summed E-state index contributed by atoms with van der Waals surface area (Å²) >= 11 is 3.49. The molecule has 0 N–H and O–H groups in total. The van der Waals surface area contributed by atoms with Gasteiger partial charge in [-0.2, -0.15) is 0 Å². The van der Waals surface area contributed by atoms with E-state index in [1.54, 1.807) is 25.1 Å². The summed E-state index contributed by atoms with van der Waals surface area (Å²) in [5.74, 6) is -0.528. The molecule has 3 rings (SSSR count). The van der Waals surface area contributed by atoms with Crippen LogP contribution in [0.3, 0.4) is 0 Å². The molecule has 0 aromatic heterocycles. The van der Waals surface area contributed by atoms with Crippen molar-refractivity contribution in [3.8, 4) is 0 Å². The molecule has 0 amide bonds. The van der Waals surface area contributed by atoms with Gasteiger partial charge in [0.15, 0.2) is 5.78 Å². The molecule has 0 bridgehead atoms. The van der Waals surface area contributed by atoms with Gasteiger partial charge in [-0.15, -0.1) is 0 Å². The number of carbonyl (C=O) groups excluding carboxylic acids is 1. The van der Waals surface area contributed by atoms with Crippen LogP contribution >= 0.6 is 15.9 Å². The Balaban J connectivity index is 2.18. The SMILES string of the molecule is Cc1ccc(C(=O)c2ccc(Br)c3ccccc23)cc1F. The monoisotopic (exact) mass is 342 g/mol. The van der Waals surface area contributed by atoms with Gasteiger partial charge in [0.2, 0.25) is 0 Å². The van der Waals surface area contributed by atoms with Crippen molar-refractivity contribution in [1.29, 1.82) is 0 Å². The fourth-order valence-corrected chi connectivity index (χ4v) is 2.83. The third-order valence-corrected chi connectivity index (χ3v) is 4.24. The van der Waals surface area contributed by atoms with Crippen LogP contribution in [0.5, 0.6) is 0 Å². The lowest BCUT2D eigenvalue weighted by Gasteiger charge is -2.08. The lowest BCUT2D eigenvalue weighted by atomic mass is 9.96. The van der Waals surface area contributed by atoms with E-state index in [0.717, 1.165) is 15.2 Å². The van der Waals surface area contributed by atoms with Crippen LogP contribution in [0.25, 0.3) is 10.8 Å². The molecular formula is C18H12BrFO. The molecule has 0 heterocycles. The minimum Gasteiger partial charge on any atom is -0.289 e. The minimum atomic E-state index is -0.359. The van der Waals surface area contributed by atoms with E-state index in [4.69, 9.17) is 0 Å². The Morgan fingerprint density at radius 1 is 1.00 bits per heavy atom. The number of hydrogen-bond donors (Lipinski definition) is 0. The number of fused-ring (bicyclic) bond motifs is 1. The molecule has 3 heteroatoms. The molecule has 3 aromatic carbocycles. The molecule has 0 atom stereocenters. The zero-order valence-electron chi connectivity index (χ0n) is 11.4. The Bertz CT molecular complexity index is 855. The van der Waals surface area contributed by atoms with Crippen LogP contribution in [0, 0.1) is 12.7 Å². The van der Waals surface area contributed by atoms with Crippen molar-refractivity contribution in [2.45, 2.75) is 6.92 Å². The number of aryl methyl sites for hydroxylation is 1. The van der Waals surface area contributed by atoms with Crippen LogP contribution in [0.15, 0.2) is 59.1 Å². The number of benzene rings is 3. The van der Waals surface area contributed by atoms with Gasteiger partial charge in [0.1, 0.15) is 5.82 Å². The first-order valence-corrected chi connectivity index (χ1v) is 7.35. The second-order valence-electron chi connectivity index (χ2n) is 4.93. The second kappa shape index (κ2) is 5.41. The molecule has 1 nitrogen and oxygen atoms in total.